The normalized spacial score (nSPS) is 19.0. The molecule has 0 atom stereocenters. The molecule has 0 aromatic heterocycles. The van der Waals surface area contributed by atoms with Crippen molar-refractivity contribution in [3.8, 4) is 0 Å². The predicted molar refractivity (Wildman–Crippen MR) is 94.9 cm³/mol. The minimum Gasteiger partial charge on any atom is -0.339 e. The van der Waals surface area contributed by atoms with Crippen molar-refractivity contribution >= 4 is 28.3 Å². The summed E-state index contributed by atoms with van der Waals surface area (Å²) in [6.07, 6.45) is 3.33. The first-order valence-corrected chi connectivity index (χ1v) is 9.53. The molecule has 6 nitrogen and oxygen atoms in total. The molecule has 3 rings (SSSR count). The molecule has 2 fully saturated rings. The smallest absolute Gasteiger partial charge is 0.254 e. The number of rotatable bonds is 4. The molecule has 3 N–H and O–H groups in total. The summed E-state index contributed by atoms with van der Waals surface area (Å²) in [6.45, 7) is 3.07. The van der Waals surface area contributed by atoms with Crippen molar-refractivity contribution in [2.75, 3.05) is 13.1 Å². The minimum absolute atomic E-state index is 0. The molecular formula is C16H24ClN3O3S. The fraction of sp³-hybridized carbons (Fsp3) is 0.562. The lowest BCUT2D eigenvalue weighted by Gasteiger charge is -2.30. The van der Waals surface area contributed by atoms with E-state index in [0.29, 0.717) is 18.7 Å². The third-order valence-electron chi connectivity index (χ3n) is 4.48. The van der Waals surface area contributed by atoms with Crippen LogP contribution in [0.1, 0.15) is 41.6 Å². The van der Waals surface area contributed by atoms with Gasteiger partial charge in [-0.1, -0.05) is 6.07 Å². The lowest BCUT2D eigenvalue weighted by atomic mass is 10.0. The van der Waals surface area contributed by atoms with Gasteiger partial charge in [-0.3, -0.25) is 4.79 Å². The Morgan fingerprint density at radius 2 is 1.83 bits per heavy atom. The molecular weight excluding hydrogens is 350 g/mol. The molecule has 2 aliphatic rings. The van der Waals surface area contributed by atoms with Crippen molar-refractivity contribution in [3.63, 3.8) is 0 Å². The third-order valence-corrected chi connectivity index (χ3v) is 5.99. The Labute approximate surface area is 149 Å². The van der Waals surface area contributed by atoms with Gasteiger partial charge in [-0.2, -0.15) is 0 Å². The second kappa shape index (κ2) is 7.39. The number of halogens is 1. The monoisotopic (exact) mass is 373 g/mol. The van der Waals surface area contributed by atoms with E-state index in [1.165, 1.54) is 6.07 Å². The van der Waals surface area contributed by atoms with Crippen LogP contribution in [0.25, 0.3) is 0 Å². The maximum atomic E-state index is 12.7. The fourth-order valence-corrected chi connectivity index (χ4v) is 4.09. The number of nitrogens with zero attached hydrogens (tertiary/aromatic N) is 1. The Bertz CT molecular complexity index is 711. The predicted octanol–water partition coefficient (Wildman–Crippen LogP) is 1.42. The molecule has 1 saturated heterocycles. The molecule has 0 radical (unpaired) electrons. The highest BCUT2D eigenvalue weighted by atomic mass is 35.5. The summed E-state index contributed by atoms with van der Waals surface area (Å²) >= 11 is 0. The number of nitrogens with two attached hydrogens (primary N) is 1. The molecule has 134 valence electrons. The van der Waals surface area contributed by atoms with Crippen LogP contribution >= 0.6 is 12.4 Å². The van der Waals surface area contributed by atoms with Gasteiger partial charge in [0.15, 0.2) is 0 Å². The summed E-state index contributed by atoms with van der Waals surface area (Å²) in [4.78, 5) is 14.6. The summed E-state index contributed by atoms with van der Waals surface area (Å²) < 4.78 is 27.3. The zero-order chi connectivity index (χ0) is 16.6. The number of aryl methyl sites for hydroxylation is 1. The Morgan fingerprint density at radius 1 is 1.21 bits per heavy atom. The number of piperidine rings is 1. The van der Waals surface area contributed by atoms with Crippen LogP contribution in [-0.2, 0) is 10.0 Å². The van der Waals surface area contributed by atoms with E-state index in [9.17, 15) is 13.2 Å². The quantitative estimate of drug-likeness (QED) is 0.834. The standard InChI is InChI=1S/C16H23N3O3S.ClH/c1-11-2-5-14(23(21,22)18-13-3-4-13)10-15(11)16(20)19-8-6-12(17)7-9-19;/h2,5,10,12-13,18H,3-4,6-9,17H2,1H3;1H. The molecule has 1 aromatic carbocycles. The van der Waals surface area contributed by atoms with E-state index >= 15 is 0 Å². The largest absolute Gasteiger partial charge is 0.339 e. The van der Waals surface area contributed by atoms with E-state index < -0.39 is 10.0 Å². The lowest BCUT2D eigenvalue weighted by molar-refractivity contribution is 0.0714. The summed E-state index contributed by atoms with van der Waals surface area (Å²) in [5.41, 5.74) is 7.12. The van der Waals surface area contributed by atoms with Crippen molar-refractivity contribution in [2.24, 2.45) is 5.73 Å². The van der Waals surface area contributed by atoms with Crippen LogP contribution in [0.3, 0.4) is 0 Å². The number of sulfonamides is 1. The van der Waals surface area contributed by atoms with E-state index in [1.807, 2.05) is 6.92 Å². The van der Waals surface area contributed by atoms with E-state index in [1.54, 1.807) is 17.0 Å². The molecule has 8 heteroatoms. The molecule has 1 aliphatic carbocycles. The summed E-state index contributed by atoms with van der Waals surface area (Å²) in [7, 11) is -3.55. The van der Waals surface area contributed by atoms with Gasteiger partial charge in [0.2, 0.25) is 10.0 Å². The van der Waals surface area contributed by atoms with Crippen LogP contribution in [-0.4, -0.2) is 44.4 Å². The van der Waals surface area contributed by atoms with E-state index in [0.717, 1.165) is 31.2 Å². The number of carbonyl (C=O) groups excluding carboxylic acids is 1. The van der Waals surface area contributed by atoms with E-state index in [4.69, 9.17) is 5.73 Å². The van der Waals surface area contributed by atoms with Gasteiger partial charge in [-0.05, 0) is 50.3 Å². The topological polar surface area (TPSA) is 92.5 Å². The van der Waals surface area contributed by atoms with Crippen molar-refractivity contribution in [2.45, 2.75) is 49.6 Å². The maximum absolute atomic E-state index is 12.7. The highest BCUT2D eigenvalue weighted by Gasteiger charge is 2.29. The first-order chi connectivity index (χ1) is 10.9. The Morgan fingerprint density at radius 3 is 2.42 bits per heavy atom. The second-order valence-corrected chi connectivity index (χ2v) is 8.22. The van der Waals surface area contributed by atoms with Gasteiger partial charge < -0.3 is 10.6 Å². The van der Waals surface area contributed by atoms with Gasteiger partial charge in [0.25, 0.3) is 5.91 Å². The van der Waals surface area contributed by atoms with Gasteiger partial charge in [-0.15, -0.1) is 12.4 Å². The van der Waals surface area contributed by atoms with Gasteiger partial charge in [0, 0.05) is 30.7 Å². The average molecular weight is 374 g/mol. The number of hydrogen-bond donors (Lipinski definition) is 2. The molecule has 0 unspecified atom stereocenters. The maximum Gasteiger partial charge on any atom is 0.254 e. The van der Waals surface area contributed by atoms with Crippen LogP contribution in [0.5, 0.6) is 0 Å². The van der Waals surface area contributed by atoms with Crippen LogP contribution in [0.15, 0.2) is 23.1 Å². The Hall–Kier alpha value is -1.15. The van der Waals surface area contributed by atoms with Crippen molar-refractivity contribution in [3.05, 3.63) is 29.3 Å². The summed E-state index contributed by atoms with van der Waals surface area (Å²) in [5, 5.41) is 0. The molecule has 0 spiro atoms. The number of amides is 1. The van der Waals surface area contributed by atoms with E-state index in [2.05, 4.69) is 4.72 Å². The van der Waals surface area contributed by atoms with Crippen LogP contribution in [0.4, 0.5) is 0 Å². The fourth-order valence-electron chi connectivity index (χ4n) is 2.76. The van der Waals surface area contributed by atoms with Gasteiger partial charge in [-0.25, -0.2) is 13.1 Å². The highest BCUT2D eigenvalue weighted by Crippen LogP contribution is 2.24. The van der Waals surface area contributed by atoms with Gasteiger partial charge in [0.1, 0.15) is 0 Å². The molecule has 0 bridgehead atoms. The van der Waals surface area contributed by atoms with Crippen LogP contribution in [0, 0.1) is 6.92 Å². The van der Waals surface area contributed by atoms with Crippen molar-refractivity contribution in [1.82, 2.24) is 9.62 Å². The number of hydrogen-bond acceptors (Lipinski definition) is 4. The van der Waals surface area contributed by atoms with Crippen LogP contribution < -0.4 is 10.5 Å². The van der Waals surface area contributed by atoms with Crippen molar-refractivity contribution < 1.29 is 13.2 Å². The van der Waals surface area contributed by atoms with Gasteiger partial charge in [0.05, 0.1) is 4.90 Å². The first kappa shape index (κ1) is 19.2. The second-order valence-electron chi connectivity index (χ2n) is 6.50. The SMILES string of the molecule is Cc1ccc(S(=O)(=O)NC2CC2)cc1C(=O)N1CCC(N)CC1.Cl. The van der Waals surface area contributed by atoms with E-state index in [-0.39, 0.29) is 35.3 Å². The first-order valence-electron chi connectivity index (χ1n) is 8.04. The van der Waals surface area contributed by atoms with Gasteiger partial charge >= 0.3 is 0 Å². The Kier molecular flexibility index (Phi) is 5.91. The zero-order valence-electron chi connectivity index (χ0n) is 13.7. The number of benzene rings is 1. The summed E-state index contributed by atoms with van der Waals surface area (Å²) in [6, 6.07) is 4.95. The number of nitrogens with one attached hydrogen (secondary N) is 1. The minimum atomic E-state index is -3.55. The summed E-state index contributed by atoms with van der Waals surface area (Å²) in [5.74, 6) is -0.113. The Balaban J connectivity index is 0.00000208. The highest BCUT2D eigenvalue weighted by molar-refractivity contribution is 7.89. The van der Waals surface area contributed by atoms with Crippen LogP contribution in [0.2, 0.25) is 0 Å². The molecule has 1 aromatic rings. The molecule has 24 heavy (non-hydrogen) atoms. The zero-order valence-corrected chi connectivity index (χ0v) is 15.3. The molecule has 1 amide bonds. The lowest BCUT2D eigenvalue weighted by Crippen LogP contribution is -2.43. The third kappa shape index (κ3) is 4.27. The molecule has 1 saturated carbocycles. The molecule has 1 heterocycles. The average Bonchev–Trinajstić information content (AvgIpc) is 3.31. The molecule has 1 aliphatic heterocycles. The number of carbonyl (C=O) groups is 1. The van der Waals surface area contributed by atoms with Crippen molar-refractivity contribution in [1.29, 1.82) is 0 Å². The number of likely N-dealkylation sites (tertiary alicyclic amines) is 1.